The highest BCUT2D eigenvalue weighted by Crippen LogP contribution is 2.20. The second-order valence-corrected chi connectivity index (χ2v) is 4.24. The van der Waals surface area contributed by atoms with E-state index in [-0.39, 0.29) is 13.0 Å². The van der Waals surface area contributed by atoms with Crippen molar-refractivity contribution in [2.75, 3.05) is 0 Å². The number of benzene rings is 2. The van der Waals surface area contributed by atoms with E-state index in [4.69, 9.17) is 15.1 Å². The molecule has 0 amide bonds. The van der Waals surface area contributed by atoms with E-state index in [0.29, 0.717) is 16.9 Å². The molecule has 2 rings (SSSR count). The summed E-state index contributed by atoms with van der Waals surface area (Å²) in [6, 6.07) is 16.3. The van der Waals surface area contributed by atoms with Crippen molar-refractivity contribution in [2.45, 2.75) is 13.0 Å². The number of nitrogens with zero attached hydrogens (tertiary/aromatic N) is 1. The van der Waals surface area contributed by atoms with Crippen LogP contribution in [0.3, 0.4) is 0 Å². The van der Waals surface area contributed by atoms with E-state index in [1.54, 1.807) is 36.4 Å². The summed E-state index contributed by atoms with van der Waals surface area (Å²) in [4.78, 5) is 10.8. The first kappa shape index (κ1) is 13.6. The fraction of sp³-hybridized carbons (Fsp3) is 0.125. The van der Waals surface area contributed by atoms with Crippen molar-refractivity contribution in [2.24, 2.45) is 0 Å². The van der Waals surface area contributed by atoms with Gasteiger partial charge in [0.2, 0.25) is 0 Å². The SMILES string of the molecule is N#Cc1ccccc1COc1ccccc1CC(=O)O. The zero-order valence-corrected chi connectivity index (χ0v) is 10.7. The van der Waals surface area contributed by atoms with Crippen LogP contribution in [0.25, 0.3) is 0 Å². The van der Waals surface area contributed by atoms with Gasteiger partial charge in [0.05, 0.1) is 18.1 Å². The predicted molar refractivity (Wildman–Crippen MR) is 73.3 cm³/mol. The molecule has 0 aliphatic rings. The number of rotatable bonds is 5. The predicted octanol–water partition coefficient (Wildman–Crippen LogP) is 2.76. The smallest absolute Gasteiger partial charge is 0.307 e. The fourth-order valence-corrected chi connectivity index (χ4v) is 1.86. The van der Waals surface area contributed by atoms with E-state index in [1.165, 1.54) is 0 Å². The zero-order valence-electron chi connectivity index (χ0n) is 10.7. The van der Waals surface area contributed by atoms with Gasteiger partial charge in [-0.25, -0.2) is 0 Å². The van der Waals surface area contributed by atoms with Crippen LogP contribution < -0.4 is 4.74 Å². The molecule has 0 saturated carbocycles. The molecule has 1 N–H and O–H groups in total. The quantitative estimate of drug-likeness (QED) is 0.904. The molecule has 0 aliphatic heterocycles. The Balaban J connectivity index is 2.15. The molecule has 100 valence electrons. The second kappa shape index (κ2) is 6.39. The standard InChI is InChI=1S/C16H13NO3/c17-10-13-6-1-2-7-14(13)11-20-15-8-4-3-5-12(15)9-16(18)19/h1-8H,9,11H2,(H,18,19). The number of para-hydroxylation sites is 1. The average molecular weight is 267 g/mol. The largest absolute Gasteiger partial charge is 0.489 e. The van der Waals surface area contributed by atoms with Gasteiger partial charge in [0, 0.05) is 11.1 Å². The molecule has 0 heterocycles. The third-order valence-corrected chi connectivity index (χ3v) is 2.84. The first-order chi connectivity index (χ1) is 9.70. The highest BCUT2D eigenvalue weighted by Gasteiger charge is 2.08. The van der Waals surface area contributed by atoms with Gasteiger partial charge in [-0.2, -0.15) is 5.26 Å². The van der Waals surface area contributed by atoms with Crippen molar-refractivity contribution in [1.29, 1.82) is 5.26 Å². The third-order valence-electron chi connectivity index (χ3n) is 2.84. The number of carboxylic acid groups (broad SMARTS) is 1. The number of aliphatic carboxylic acids is 1. The van der Waals surface area contributed by atoms with E-state index in [0.717, 1.165) is 5.56 Å². The highest BCUT2D eigenvalue weighted by molar-refractivity contribution is 5.71. The second-order valence-electron chi connectivity index (χ2n) is 4.24. The summed E-state index contributed by atoms with van der Waals surface area (Å²) >= 11 is 0. The Morgan fingerprint density at radius 2 is 1.75 bits per heavy atom. The Morgan fingerprint density at radius 1 is 1.10 bits per heavy atom. The molecule has 2 aromatic carbocycles. The van der Waals surface area contributed by atoms with Crippen LogP contribution in [0, 0.1) is 11.3 Å². The van der Waals surface area contributed by atoms with Crippen LogP contribution in [0.15, 0.2) is 48.5 Å². The minimum absolute atomic E-state index is 0.0872. The van der Waals surface area contributed by atoms with Crippen molar-refractivity contribution >= 4 is 5.97 Å². The van der Waals surface area contributed by atoms with Gasteiger partial charge < -0.3 is 9.84 Å². The minimum Gasteiger partial charge on any atom is -0.489 e. The number of carbonyl (C=O) groups is 1. The lowest BCUT2D eigenvalue weighted by Crippen LogP contribution is -2.04. The monoisotopic (exact) mass is 267 g/mol. The maximum absolute atomic E-state index is 10.8. The molecule has 0 atom stereocenters. The van der Waals surface area contributed by atoms with Gasteiger partial charge in [0.1, 0.15) is 12.4 Å². The van der Waals surface area contributed by atoms with Gasteiger partial charge in [-0.1, -0.05) is 36.4 Å². The van der Waals surface area contributed by atoms with Crippen molar-refractivity contribution in [3.05, 3.63) is 65.2 Å². The molecule has 0 saturated heterocycles. The van der Waals surface area contributed by atoms with Crippen LogP contribution in [0.5, 0.6) is 5.75 Å². The topological polar surface area (TPSA) is 70.3 Å². The van der Waals surface area contributed by atoms with E-state index in [9.17, 15) is 4.79 Å². The molecule has 2 aromatic rings. The van der Waals surface area contributed by atoms with Gasteiger partial charge in [0.15, 0.2) is 0 Å². The molecule has 0 spiro atoms. The Hall–Kier alpha value is -2.80. The van der Waals surface area contributed by atoms with E-state index in [2.05, 4.69) is 6.07 Å². The van der Waals surface area contributed by atoms with E-state index >= 15 is 0 Å². The molecule has 0 fully saturated rings. The molecule has 0 aliphatic carbocycles. The molecule has 0 aromatic heterocycles. The van der Waals surface area contributed by atoms with Crippen molar-refractivity contribution in [3.8, 4) is 11.8 Å². The highest BCUT2D eigenvalue weighted by atomic mass is 16.5. The Morgan fingerprint density at radius 3 is 2.45 bits per heavy atom. The van der Waals surface area contributed by atoms with Gasteiger partial charge in [-0.15, -0.1) is 0 Å². The number of hydrogen-bond acceptors (Lipinski definition) is 3. The Bertz CT molecular complexity index is 659. The Kier molecular flexibility index (Phi) is 4.35. The first-order valence-corrected chi connectivity index (χ1v) is 6.11. The van der Waals surface area contributed by atoms with E-state index < -0.39 is 5.97 Å². The lowest BCUT2D eigenvalue weighted by Gasteiger charge is -2.11. The molecule has 0 radical (unpaired) electrons. The number of ether oxygens (including phenoxy) is 1. The molecule has 4 nitrogen and oxygen atoms in total. The van der Waals surface area contributed by atoms with Crippen LogP contribution in [0.2, 0.25) is 0 Å². The fourth-order valence-electron chi connectivity index (χ4n) is 1.86. The molecule has 20 heavy (non-hydrogen) atoms. The van der Waals surface area contributed by atoms with Crippen LogP contribution in [-0.2, 0) is 17.8 Å². The van der Waals surface area contributed by atoms with Gasteiger partial charge in [0.25, 0.3) is 0 Å². The van der Waals surface area contributed by atoms with Gasteiger partial charge in [-0.3, -0.25) is 4.79 Å². The first-order valence-electron chi connectivity index (χ1n) is 6.11. The summed E-state index contributed by atoms with van der Waals surface area (Å²) in [5.74, 6) is -0.374. The average Bonchev–Trinajstić information content (AvgIpc) is 2.46. The van der Waals surface area contributed by atoms with Crippen LogP contribution in [0.1, 0.15) is 16.7 Å². The molecule has 0 unspecified atom stereocenters. The van der Waals surface area contributed by atoms with Crippen LogP contribution in [0.4, 0.5) is 0 Å². The summed E-state index contributed by atoms with van der Waals surface area (Å²) in [6.45, 7) is 0.236. The van der Waals surface area contributed by atoms with Crippen molar-refractivity contribution < 1.29 is 14.6 Å². The van der Waals surface area contributed by atoms with Crippen molar-refractivity contribution in [3.63, 3.8) is 0 Å². The maximum Gasteiger partial charge on any atom is 0.307 e. The van der Waals surface area contributed by atoms with Crippen LogP contribution >= 0.6 is 0 Å². The minimum atomic E-state index is -0.904. The lowest BCUT2D eigenvalue weighted by atomic mass is 10.1. The van der Waals surface area contributed by atoms with E-state index in [1.807, 2.05) is 12.1 Å². The Labute approximate surface area is 116 Å². The normalized spacial score (nSPS) is 9.75. The van der Waals surface area contributed by atoms with Gasteiger partial charge >= 0.3 is 5.97 Å². The number of nitriles is 1. The summed E-state index contributed by atoms with van der Waals surface area (Å²) in [7, 11) is 0. The third kappa shape index (κ3) is 3.36. The van der Waals surface area contributed by atoms with Gasteiger partial charge in [-0.05, 0) is 12.1 Å². The maximum atomic E-state index is 10.8. The lowest BCUT2D eigenvalue weighted by molar-refractivity contribution is -0.136. The number of hydrogen-bond donors (Lipinski definition) is 1. The molecule has 0 bridgehead atoms. The van der Waals surface area contributed by atoms with Crippen LogP contribution in [-0.4, -0.2) is 11.1 Å². The molecule has 4 heteroatoms. The summed E-state index contributed by atoms with van der Waals surface area (Å²) in [5, 5.41) is 17.9. The summed E-state index contributed by atoms with van der Waals surface area (Å²) in [5.41, 5.74) is 1.96. The number of carboxylic acids is 1. The summed E-state index contributed by atoms with van der Waals surface area (Å²) in [6.07, 6.45) is -0.0872. The van der Waals surface area contributed by atoms with Crippen molar-refractivity contribution in [1.82, 2.24) is 0 Å². The zero-order chi connectivity index (χ0) is 14.4. The molecular weight excluding hydrogens is 254 g/mol. The summed E-state index contributed by atoms with van der Waals surface area (Å²) < 4.78 is 5.65. The molecular formula is C16H13NO3.